The Balaban J connectivity index is 1.82. The normalized spacial score (nSPS) is 18.3. The second-order valence-electron chi connectivity index (χ2n) is 8.22. The van der Waals surface area contributed by atoms with Crippen molar-refractivity contribution in [1.29, 1.82) is 0 Å². The van der Waals surface area contributed by atoms with E-state index in [1.807, 2.05) is 13.0 Å². The van der Waals surface area contributed by atoms with Gasteiger partial charge in [0.1, 0.15) is 16.6 Å². The van der Waals surface area contributed by atoms with Crippen molar-refractivity contribution in [3.63, 3.8) is 0 Å². The molecule has 1 aliphatic rings. The summed E-state index contributed by atoms with van der Waals surface area (Å²) in [6, 6.07) is 2.29. The Morgan fingerprint density at radius 1 is 1.29 bits per heavy atom. The highest BCUT2D eigenvalue weighted by molar-refractivity contribution is 7.15. The number of aromatic nitrogens is 2. The fourth-order valence-corrected chi connectivity index (χ4v) is 4.39. The molecule has 0 bridgehead atoms. The van der Waals surface area contributed by atoms with E-state index in [1.54, 1.807) is 6.92 Å². The van der Waals surface area contributed by atoms with Gasteiger partial charge >= 0.3 is 0 Å². The standard InChI is InChI=1S/C22H28ClFN4O2S/c1-11(2)5-15-7-14(6-12(3)26-15)21-27-28-22(31-21)16-8-18(24)20(9-17(16)23)30-10-19(25)13(4)29/h6-9,11,13,15,19,26,29H,5,10,25H2,1-4H3/t13-,15?,19+/m1/s1. The Labute approximate surface area is 191 Å². The number of nitrogens with zero attached hydrogens (tertiary/aromatic N) is 2. The molecule has 4 N–H and O–H groups in total. The van der Waals surface area contributed by atoms with Crippen LogP contribution in [0.15, 0.2) is 30.0 Å². The molecule has 0 aliphatic carbocycles. The summed E-state index contributed by atoms with van der Waals surface area (Å²) in [6.07, 6.45) is 4.44. The first-order valence-corrected chi connectivity index (χ1v) is 11.4. The van der Waals surface area contributed by atoms with E-state index in [1.165, 1.54) is 23.5 Å². The molecule has 0 amide bonds. The van der Waals surface area contributed by atoms with Gasteiger partial charge in [0.2, 0.25) is 0 Å². The molecule has 1 aromatic heterocycles. The first-order chi connectivity index (χ1) is 14.6. The number of dihydropyridines is 1. The lowest BCUT2D eigenvalue weighted by atomic mass is 9.98. The number of hydrogen-bond donors (Lipinski definition) is 3. The van der Waals surface area contributed by atoms with Gasteiger partial charge in [-0.2, -0.15) is 0 Å². The van der Waals surface area contributed by atoms with Gasteiger partial charge in [-0.25, -0.2) is 4.39 Å². The summed E-state index contributed by atoms with van der Waals surface area (Å²) >= 11 is 7.75. The minimum Gasteiger partial charge on any atom is -0.489 e. The molecule has 3 rings (SSSR count). The van der Waals surface area contributed by atoms with Crippen LogP contribution >= 0.6 is 22.9 Å². The SMILES string of the molecule is CC1=CC(c2nnc(-c3cc(F)c(OC[C@H](N)[C@@H](C)O)cc3Cl)s2)=CC(CC(C)C)N1. The summed E-state index contributed by atoms with van der Waals surface area (Å²) in [4.78, 5) is 0. The summed E-state index contributed by atoms with van der Waals surface area (Å²) in [5.41, 5.74) is 8.24. The number of ether oxygens (including phenoxy) is 1. The molecular weight excluding hydrogens is 439 g/mol. The topological polar surface area (TPSA) is 93.3 Å². The van der Waals surface area contributed by atoms with Crippen LogP contribution in [0.2, 0.25) is 5.02 Å². The molecular formula is C22H28ClFN4O2S. The lowest BCUT2D eigenvalue weighted by Gasteiger charge is -2.23. The molecule has 2 aromatic rings. The molecule has 6 nitrogen and oxygen atoms in total. The third-order valence-electron chi connectivity index (χ3n) is 4.87. The van der Waals surface area contributed by atoms with Crippen molar-refractivity contribution in [2.45, 2.75) is 52.3 Å². The highest BCUT2D eigenvalue weighted by Crippen LogP contribution is 2.37. The smallest absolute Gasteiger partial charge is 0.165 e. The zero-order chi connectivity index (χ0) is 22.7. The number of nitrogens with one attached hydrogen (secondary N) is 1. The van der Waals surface area contributed by atoms with E-state index in [-0.39, 0.29) is 18.4 Å². The number of benzene rings is 1. The molecule has 31 heavy (non-hydrogen) atoms. The third-order valence-corrected chi connectivity index (χ3v) is 6.18. The molecule has 1 unspecified atom stereocenters. The molecule has 0 radical (unpaired) electrons. The number of hydrogen-bond acceptors (Lipinski definition) is 7. The van der Waals surface area contributed by atoms with Crippen LogP contribution in [0.3, 0.4) is 0 Å². The van der Waals surface area contributed by atoms with Crippen LogP contribution in [0.1, 0.15) is 39.1 Å². The van der Waals surface area contributed by atoms with E-state index in [4.69, 9.17) is 22.1 Å². The van der Waals surface area contributed by atoms with Crippen molar-refractivity contribution >= 4 is 28.5 Å². The van der Waals surface area contributed by atoms with Crippen LogP contribution in [0, 0.1) is 11.7 Å². The van der Waals surface area contributed by atoms with Crippen LogP contribution in [0.4, 0.5) is 4.39 Å². The van der Waals surface area contributed by atoms with Crippen molar-refractivity contribution in [2.75, 3.05) is 6.61 Å². The summed E-state index contributed by atoms with van der Waals surface area (Å²) in [6.45, 7) is 7.92. The molecule has 1 aromatic carbocycles. The second kappa shape index (κ2) is 10.1. The first-order valence-electron chi connectivity index (χ1n) is 10.2. The van der Waals surface area contributed by atoms with Gasteiger partial charge in [0.25, 0.3) is 0 Å². The van der Waals surface area contributed by atoms with Gasteiger partial charge < -0.3 is 20.9 Å². The molecule has 9 heteroatoms. The Morgan fingerprint density at radius 3 is 2.68 bits per heavy atom. The van der Waals surface area contributed by atoms with Gasteiger partial charge in [-0.1, -0.05) is 42.9 Å². The van der Waals surface area contributed by atoms with E-state index >= 15 is 0 Å². The van der Waals surface area contributed by atoms with E-state index in [9.17, 15) is 9.50 Å². The van der Waals surface area contributed by atoms with E-state index in [0.717, 1.165) is 22.7 Å². The van der Waals surface area contributed by atoms with Crippen LogP contribution in [-0.4, -0.2) is 40.1 Å². The summed E-state index contributed by atoms with van der Waals surface area (Å²) < 4.78 is 20.0. The fourth-order valence-electron chi connectivity index (χ4n) is 3.22. The van der Waals surface area contributed by atoms with Crippen molar-refractivity contribution in [3.05, 3.63) is 45.8 Å². The molecule has 2 heterocycles. The highest BCUT2D eigenvalue weighted by atomic mass is 35.5. The highest BCUT2D eigenvalue weighted by Gasteiger charge is 2.20. The molecule has 168 valence electrons. The predicted molar refractivity (Wildman–Crippen MR) is 124 cm³/mol. The minimum atomic E-state index is -0.764. The lowest BCUT2D eigenvalue weighted by Crippen LogP contribution is -2.38. The monoisotopic (exact) mass is 466 g/mol. The maximum absolute atomic E-state index is 14.6. The molecule has 0 fully saturated rings. The zero-order valence-corrected chi connectivity index (χ0v) is 19.6. The third kappa shape index (κ3) is 6.04. The molecule has 0 spiro atoms. The molecule has 1 aliphatic heterocycles. The van der Waals surface area contributed by atoms with E-state index in [0.29, 0.717) is 21.5 Å². The number of allylic oxidation sites excluding steroid dienone is 3. The largest absolute Gasteiger partial charge is 0.489 e. The molecule has 0 saturated heterocycles. The Bertz CT molecular complexity index is 990. The maximum Gasteiger partial charge on any atom is 0.165 e. The van der Waals surface area contributed by atoms with Crippen molar-refractivity contribution < 1.29 is 14.2 Å². The number of nitrogens with two attached hydrogens (primary N) is 1. The van der Waals surface area contributed by atoms with Gasteiger partial charge in [0.05, 0.1) is 17.2 Å². The average molecular weight is 467 g/mol. The van der Waals surface area contributed by atoms with E-state index < -0.39 is 18.0 Å². The van der Waals surface area contributed by atoms with E-state index in [2.05, 4.69) is 35.4 Å². The predicted octanol–water partition coefficient (Wildman–Crippen LogP) is 4.39. The summed E-state index contributed by atoms with van der Waals surface area (Å²) in [5, 5.41) is 23.0. The second-order valence-corrected chi connectivity index (χ2v) is 9.60. The van der Waals surface area contributed by atoms with Crippen molar-refractivity contribution in [3.8, 4) is 16.3 Å². The molecule has 0 saturated carbocycles. The lowest BCUT2D eigenvalue weighted by molar-refractivity contribution is 0.129. The fraction of sp³-hybridized carbons (Fsp3) is 0.455. The number of rotatable bonds is 8. The van der Waals surface area contributed by atoms with Gasteiger partial charge in [0, 0.05) is 28.9 Å². The Hall–Kier alpha value is -2.00. The van der Waals surface area contributed by atoms with Crippen LogP contribution in [0.5, 0.6) is 5.75 Å². The van der Waals surface area contributed by atoms with Crippen molar-refractivity contribution in [1.82, 2.24) is 15.5 Å². The Morgan fingerprint density at radius 2 is 2.00 bits per heavy atom. The van der Waals surface area contributed by atoms with Gasteiger partial charge in [-0.05, 0) is 38.3 Å². The maximum atomic E-state index is 14.6. The minimum absolute atomic E-state index is 0.0225. The van der Waals surface area contributed by atoms with Gasteiger partial charge in [-0.15, -0.1) is 10.2 Å². The average Bonchev–Trinajstić information content (AvgIpc) is 3.17. The van der Waals surface area contributed by atoms with Crippen LogP contribution in [-0.2, 0) is 0 Å². The van der Waals surface area contributed by atoms with Crippen LogP contribution < -0.4 is 15.8 Å². The zero-order valence-electron chi connectivity index (χ0n) is 18.0. The van der Waals surface area contributed by atoms with Crippen molar-refractivity contribution in [2.24, 2.45) is 11.7 Å². The van der Waals surface area contributed by atoms with Gasteiger partial charge in [0.15, 0.2) is 11.6 Å². The quantitative estimate of drug-likeness (QED) is 0.534. The summed E-state index contributed by atoms with van der Waals surface area (Å²) in [7, 11) is 0. The van der Waals surface area contributed by atoms with Gasteiger partial charge in [-0.3, -0.25) is 0 Å². The number of halogens is 2. The summed E-state index contributed by atoms with van der Waals surface area (Å²) in [5.74, 6) is -0.0444. The molecule has 3 atom stereocenters. The Kier molecular flexibility index (Phi) is 7.69. The first kappa shape index (κ1) is 23.7. The number of aliphatic hydroxyl groups excluding tert-OH is 1. The number of aliphatic hydroxyl groups is 1. The van der Waals surface area contributed by atoms with Crippen LogP contribution in [0.25, 0.3) is 16.1 Å².